The minimum Gasteiger partial charge on any atom is -0.309 e. The monoisotopic (exact) mass is 280 g/mol. The fourth-order valence-corrected chi connectivity index (χ4v) is 1.94. The van der Waals surface area contributed by atoms with Crippen molar-refractivity contribution in [3.05, 3.63) is 65.2 Å². The predicted molar refractivity (Wildman–Crippen MR) is 70.7 cm³/mol. The largest absolute Gasteiger partial charge is 0.309 e. The zero-order chi connectivity index (χ0) is 14.5. The summed E-state index contributed by atoms with van der Waals surface area (Å²) < 4.78 is 38.8. The molecule has 2 rings (SSSR count). The van der Waals surface area contributed by atoms with Gasteiger partial charge in [-0.15, -0.1) is 0 Å². The second-order valence-electron chi connectivity index (χ2n) is 4.60. The average Bonchev–Trinajstić information content (AvgIpc) is 2.38. The second-order valence-corrected chi connectivity index (χ2v) is 4.60. The highest BCUT2D eigenvalue weighted by molar-refractivity contribution is 5.18. The van der Waals surface area contributed by atoms with E-state index in [-0.39, 0.29) is 11.9 Å². The summed E-state index contributed by atoms with van der Waals surface area (Å²) in [5.74, 6) is -1.53. The van der Waals surface area contributed by atoms with Crippen LogP contribution in [0.2, 0.25) is 0 Å². The molecule has 0 bridgehead atoms. The number of nitrogens with zero attached hydrogens (tertiary/aromatic N) is 1. The molecule has 0 amide bonds. The van der Waals surface area contributed by atoms with Crippen LogP contribution >= 0.6 is 0 Å². The van der Waals surface area contributed by atoms with Crippen LogP contribution in [0.5, 0.6) is 0 Å². The summed E-state index contributed by atoms with van der Waals surface area (Å²) in [5, 5.41) is 3.18. The molecule has 106 valence electrons. The summed E-state index contributed by atoms with van der Waals surface area (Å²) in [6.45, 7) is 2.44. The van der Waals surface area contributed by atoms with Gasteiger partial charge in [-0.3, -0.25) is 4.98 Å². The van der Waals surface area contributed by atoms with Gasteiger partial charge in [0.25, 0.3) is 0 Å². The normalized spacial score (nSPS) is 12.4. The Labute approximate surface area is 115 Å². The first-order valence-corrected chi connectivity index (χ1v) is 6.34. The molecule has 0 aliphatic carbocycles. The van der Waals surface area contributed by atoms with Crippen molar-refractivity contribution < 1.29 is 13.2 Å². The summed E-state index contributed by atoms with van der Waals surface area (Å²) >= 11 is 0. The molecule has 1 atom stereocenters. The third kappa shape index (κ3) is 4.06. The SMILES string of the molecule is CC(NCCc1cc(F)cc(F)c1)c1ccc(F)cn1. The van der Waals surface area contributed by atoms with Crippen molar-refractivity contribution >= 4 is 0 Å². The van der Waals surface area contributed by atoms with E-state index in [1.54, 1.807) is 6.07 Å². The first kappa shape index (κ1) is 14.5. The fourth-order valence-electron chi connectivity index (χ4n) is 1.94. The van der Waals surface area contributed by atoms with Gasteiger partial charge >= 0.3 is 0 Å². The molecule has 0 fully saturated rings. The number of pyridine rings is 1. The summed E-state index contributed by atoms with van der Waals surface area (Å²) in [4.78, 5) is 3.97. The van der Waals surface area contributed by atoms with E-state index in [9.17, 15) is 13.2 Å². The molecule has 0 spiro atoms. The fraction of sp³-hybridized carbons (Fsp3) is 0.267. The first-order valence-electron chi connectivity index (χ1n) is 6.34. The van der Waals surface area contributed by atoms with Crippen LogP contribution in [0.3, 0.4) is 0 Å². The minimum absolute atomic E-state index is 0.0611. The highest BCUT2D eigenvalue weighted by Crippen LogP contribution is 2.11. The Morgan fingerprint density at radius 1 is 1.05 bits per heavy atom. The molecule has 0 saturated carbocycles. The summed E-state index contributed by atoms with van der Waals surface area (Å²) in [7, 11) is 0. The van der Waals surface area contributed by atoms with Gasteiger partial charge in [-0.2, -0.15) is 0 Å². The van der Waals surface area contributed by atoms with Crippen molar-refractivity contribution in [2.75, 3.05) is 6.54 Å². The standard InChI is InChI=1S/C15H15F3N2/c1-10(15-3-2-12(16)9-20-15)19-5-4-11-6-13(17)8-14(18)7-11/h2-3,6-10,19H,4-5H2,1H3. The van der Waals surface area contributed by atoms with Crippen LogP contribution in [0.1, 0.15) is 24.2 Å². The minimum atomic E-state index is -0.576. The van der Waals surface area contributed by atoms with Gasteiger partial charge in [0, 0.05) is 12.1 Å². The van der Waals surface area contributed by atoms with Gasteiger partial charge in [0.15, 0.2) is 0 Å². The van der Waals surface area contributed by atoms with E-state index in [1.807, 2.05) is 6.92 Å². The molecule has 5 heteroatoms. The zero-order valence-electron chi connectivity index (χ0n) is 11.0. The van der Waals surface area contributed by atoms with E-state index >= 15 is 0 Å². The maximum atomic E-state index is 13.0. The Hall–Kier alpha value is -1.88. The number of aromatic nitrogens is 1. The Kier molecular flexibility index (Phi) is 4.74. The maximum absolute atomic E-state index is 13.0. The van der Waals surface area contributed by atoms with Crippen molar-refractivity contribution in [1.29, 1.82) is 0 Å². The van der Waals surface area contributed by atoms with Gasteiger partial charge in [0.1, 0.15) is 17.5 Å². The molecular weight excluding hydrogens is 265 g/mol. The van der Waals surface area contributed by atoms with Gasteiger partial charge in [-0.05, 0) is 49.7 Å². The van der Waals surface area contributed by atoms with Crippen molar-refractivity contribution in [1.82, 2.24) is 10.3 Å². The molecule has 1 N–H and O–H groups in total. The number of hydrogen-bond donors (Lipinski definition) is 1. The molecular formula is C15H15F3N2. The third-order valence-electron chi connectivity index (χ3n) is 2.98. The van der Waals surface area contributed by atoms with Gasteiger partial charge in [0.05, 0.1) is 11.9 Å². The van der Waals surface area contributed by atoms with Gasteiger partial charge in [0.2, 0.25) is 0 Å². The van der Waals surface area contributed by atoms with Crippen molar-refractivity contribution in [2.45, 2.75) is 19.4 Å². The molecule has 2 aromatic rings. The predicted octanol–water partition coefficient (Wildman–Crippen LogP) is 3.39. The molecule has 2 nitrogen and oxygen atoms in total. The lowest BCUT2D eigenvalue weighted by Crippen LogP contribution is -2.22. The van der Waals surface area contributed by atoms with Crippen LogP contribution in [-0.4, -0.2) is 11.5 Å². The number of halogens is 3. The van der Waals surface area contributed by atoms with Gasteiger partial charge in [-0.1, -0.05) is 0 Å². The van der Waals surface area contributed by atoms with E-state index in [0.29, 0.717) is 18.5 Å². The van der Waals surface area contributed by atoms with Crippen LogP contribution in [-0.2, 0) is 6.42 Å². The van der Waals surface area contributed by atoms with E-state index < -0.39 is 11.6 Å². The van der Waals surface area contributed by atoms with Crippen LogP contribution in [0.4, 0.5) is 13.2 Å². The quantitative estimate of drug-likeness (QED) is 0.908. The number of benzene rings is 1. The Bertz CT molecular complexity index is 550. The highest BCUT2D eigenvalue weighted by atomic mass is 19.1. The maximum Gasteiger partial charge on any atom is 0.141 e. The molecule has 0 aliphatic heterocycles. The van der Waals surface area contributed by atoms with Gasteiger partial charge < -0.3 is 5.32 Å². The molecule has 0 aliphatic rings. The molecule has 0 radical (unpaired) electrons. The molecule has 0 saturated heterocycles. The lowest BCUT2D eigenvalue weighted by Gasteiger charge is -2.13. The highest BCUT2D eigenvalue weighted by Gasteiger charge is 2.07. The number of rotatable bonds is 5. The summed E-state index contributed by atoms with van der Waals surface area (Å²) in [6, 6.07) is 6.37. The Balaban J connectivity index is 1.87. The van der Waals surface area contributed by atoms with Gasteiger partial charge in [-0.25, -0.2) is 13.2 Å². The van der Waals surface area contributed by atoms with Crippen LogP contribution in [0.15, 0.2) is 36.5 Å². The second kappa shape index (κ2) is 6.52. The first-order chi connectivity index (χ1) is 9.54. The van der Waals surface area contributed by atoms with Crippen molar-refractivity contribution in [3.63, 3.8) is 0 Å². The van der Waals surface area contributed by atoms with Crippen LogP contribution in [0.25, 0.3) is 0 Å². The van der Waals surface area contributed by atoms with Crippen LogP contribution < -0.4 is 5.32 Å². The molecule has 1 aromatic heterocycles. The lowest BCUT2D eigenvalue weighted by atomic mass is 10.1. The van der Waals surface area contributed by atoms with E-state index in [0.717, 1.165) is 18.0 Å². The lowest BCUT2D eigenvalue weighted by molar-refractivity contribution is 0.551. The van der Waals surface area contributed by atoms with Crippen molar-refractivity contribution in [3.8, 4) is 0 Å². The Morgan fingerprint density at radius 2 is 1.75 bits per heavy atom. The summed E-state index contributed by atoms with van der Waals surface area (Å²) in [5.41, 5.74) is 1.31. The van der Waals surface area contributed by atoms with Crippen molar-refractivity contribution in [2.24, 2.45) is 0 Å². The molecule has 20 heavy (non-hydrogen) atoms. The van der Waals surface area contributed by atoms with E-state index in [2.05, 4.69) is 10.3 Å². The molecule has 1 aromatic carbocycles. The topological polar surface area (TPSA) is 24.9 Å². The zero-order valence-corrected chi connectivity index (χ0v) is 11.0. The average molecular weight is 280 g/mol. The number of hydrogen-bond acceptors (Lipinski definition) is 2. The summed E-state index contributed by atoms with van der Waals surface area (Å²) in [6.07, 6.45) is 1.66. The third-order valence-corrected chi connectivity index (χ3v) is 2.98. The smallest absolute Gasteiger partial charge is 0.141 e. The van der Waals surface area contributed by atoms with E-state index in [4.69, 9.17) is 0 Å². The van der Waals surface area contributed by atoms with Crippen LogP contribution in [0, 0.1) is 17.5 Å². The Morgan fingerprint density at radius 3 is 2.35 bits per heavy atom. The number of nitrogens with one attached hydrogen (secondary N) is 1. The van der Waals surface area contributed by atoms with E-state index in [1.165, 1.54) is 18.2 Å². The molecule has 1 heterocycles. The molecule has 1 unspecified atom stereocenters.